The molecule has 0 unspecified atom stereocenters. The van der Waals surface area contributed by atoms with Crippen molar-refractivity contribution < 1.29 is 0 Å². The van der Waals surface area contributed by atoms with Gasteiger partial charge in [-0.3, -0.25) is 4.90 Å². The molecule has 0 spiro atoms. The van der Waals surface area contributed by atoms with E-state index in [2.05, 4.69) is 55.3 Å². The lowest BCUT2D eigenvalue weighted by Crippen LogP contribution is -2.41. The predicted molar refractivity (Wildman–Crippen MR) is 82.7 cm³/mol. The highest BCUT2D eigenvalue weighted by Gasteiger charge is 2.21. The van der Waals surface area contributed by atoms with Crippen LogP contribution in [-0.4, -0.2) is 22.9 Å². The molecule has 0 amide bonds. The molecule has 0 saturated carbocycles. The van der Waals surface area contributed by atoms with Crippen LogP contribution in [-0.2, 0) is 6.54 Å². The largest absolute Gasteiger partial charge is 0.293 e. The number of fused-ring (bicyclic) bond motifs is 1. The molecule has 18 heavy (non-hydrogen) atoms. The molecule has 0 bridgehead atoms. The second-order valence-corrected chi connectivity index (χ2v) is 6.83. The Morgan fingerprint density at radius 2 is 1.94 bits per heavy atom. The van der Waals surface area contributed by atoms with Crippen LogP contribution in [0.5, 0.6) is 0 Å². The van der Waals surface area contributed by atoms with Gasteiger partial charge in [-0.25, -0.2) is 0 Å². The van der Waals surface area contributed by atoms with Crippen molar-refractivity contribution in [3.63, 3.8) is 0 Å². The summed E-state index contributed by atoms with van der Waals surface area (Å²) in [5.74, 6) is 0.680. The van der Waals surface area contributed by atoms with Crippen LogP contribution in [0.1, 0.15) is 26.3 Å². The highest BCUT2D eigenvalue weighted by atomic mass is 35.5. The van der Waals surface area contributed by atoms with Crippen LogP contribution in [0.3, 0.4) is 0 Å². The molecule has 2 aromatic rings. The Hall–Kier alpha value is -0.570. The quantitative estimate of drug-likeness (QED) is 0.732. The molecule has 1 aromatic heterocycles. The minimum Gasteiger partial charge on any atom is -0.293 e. The van der Waals surface area contributed by atoms with E-state index in [-0.39, 0.29) is 5.54 Å². The first-order valence-electron chi connectivity index (χ1n) is 6.28. The lowest BCUT2D eigenvalue weighted by molar-refractivity contribution is 0.138. The predicted octanol–water partition coefficient (Wildman–Crippen LogP) is 4.74. The maximum atomic E-state index is 5.92. The lowest BCUT2D eigenvalue weighted by Gasteiger charge is -2.35. The zero-order chi connectivity index (χ0) is 13.2. The highest BCUT2D eigenvalue weighted by Crippen LogP contribution is 2.28. The van der Waals surface area contributed by atoms with Crippen molar-refractivity contribution in [3.05, 3.63) is 35.2 Å². The van der Waals surface area contributed by atoms with Crippen molar-refractivity contribution in [3.8, 4) is 0 Å². The second kappa shape index (κ2) is 5.60. The number of alkyl halides is 1. The van der Waals surface area contributed by atoms with E-state index < -0.39 is 0 Å². The maximum absolute atomic E-state index is 5.92. The molecule has 3 heteroatoms. The molecule has 0 aliphatic heterocycles. The smallest absolute Gasteiger partial charge is 0.0351 e. The van der Waals surface area contributed by atoms with Crippen LogP contribution >= 0.6 is 22.9 Å². The van der Waals surface area contributed by atoms with E-state index in [1.165, 1.54) is 15.6 Å². The topological polar surface area (TPSA) is 3.24 Å². The lowest BCUT2D eigenvalue weighted by atomic mass is 10.0. The van der Waals surface area contributed by atoms with Crippen LogP contribution in [0.4, 0.5) is 0 Å². The highest BCUT2D eigenvalue weighted by molar-refractivity contribution is 7.17. The van der Waals surface area contributed by atoms with Gasteiger partial charge in [0.25, 0.3) is 0 Å². The average Bonchev–Trinajstić information content (AvgIpc) is 2.71. The van der Waals surface area contributed by atoms with Gasteiger partial charge >= 0.3 is 0 Å². The first-order valence-corrected chi connectivity index (χ1v) is 7.70. The van der Waals surface area contributed by atoms with Crippen LogP contribution in [0, 0.1) is 0 Å². The maximum Gasteiger partial charge on any atom is 0.0351 e. The van der Waals surface area contributed by atoms with Gasteiger partial charge in [-0.1, -0.05) is 18.2 Å². The molecule has 0 aliphatic carbocycles. The fraction of sp³-hybridized carbons (Fsp3) is 0.467. The van der Waals surface area contributed by atoms with Crippen molar-refractivity contribution in [1.29, 1.82) is 0 Å². The van der Waals surface area contributed by atoms with E-state index in [0.29, 0.717) is 5.88 Å². The summed E-state index contributed by atoms with van der Waals surface area (Å²) >= 11 is 7.75. The fourth-order valence-corrected chi connectivity index (χ4v) is 3.27. The Morgan fingerprint density at radius 1 is 1.22 bits per heavy atom. The molecular weight excluding hydrogens is 262 g/mol. The van der Waals surface area contributed by atoms with Gasteiger partial charge in [0.1, 0.15) is 0 Å². The third kappa shape index (κ3) is 3.05. The molecule has 0 N–H and O–H groups in total. The third-order valence-electron chi connectivity index (χ3n) is 3.23. The minimum atomic E-state index is 0.151. The van der Waals surface area contributed by atoms with Crippen LogP contribution in [0.15, 0.2) is 29.6 Å². The van der Waals surface area contributed by atoms with Gasteiger partial charge in [-0.2, -0.15) is 0 Å². The van der Waals surface area contributed by atoms with E-state index in [1.54, 1.807) is 0 Å². The number of nitrogens with zero attached hydrogens (tertiary/aromatic N) is 1. The zero-order valence-electron chi connectivity index (χ0n) is 11.2. The fourth-order valence-electron chi connectivity index (χ4n) is 2.11. The van der Waals surface area contributed by atoms with Crippen molar-refractivity contribution in [1.82, 2.24) is 4.90 Å². The van der Waals surface area contributed by atoms with Crippen molar-refractivity contribution >= 4 is 33.0 Å². The molecule has 0 fully saturated rings. The normalized spacial score (nSPS) is 12.5. The molecule has 0 aliphatic rings. The Bertz CT molecular complexity index is 512. The molecule has 1 heterocycles. The van der Waals surface area contributed by atoms with Crippen molar-refractivity contribution in [2.24, 2.45) is 0 Å². The Balaban J connectivity index is 2.26. The monoisotopic (exact) mass is 281 g/mol. The van der Waals surface area contributed by atoms with E-state index in [9.17, 15) is 0 Å². The number of thiophene rings is 1. The van der Waals surface area contributed by atoms with Crippen LogP contribution < -0.4 is 0 Å². The Kier molecular flexibility index (Phi) is 4.31. The molecule has 98 valence electrons. The molecule has 0 radical (unpaired) electrons. The average molecular weight is 282 g/mol. The zero-order valence-corrected chi connectivity index (χ0v) is 12.8. The Morgan fingerprint density at radius 3 is 2.61 bits per heavy atom. The van der Waals surface area contributed by atoms with Gasteiger partial charge in [0.2, 0.25) is 0 Å². The van der Waals surface area contributed by atoms with Gasteiger partial charge in [-0.15, -0.1) is 22.9 Å². The standard InChI is InChI=1S/C15H20ClNS/c1-15(2,3)17(9-8-16)10-12-11-18-14-7-5-4-6-13(12)14/h4-7,11H,8-10H2,1-3H3. The van der Waals surface area contributed by atoms with Crippen molar-refractivity contribution in [2.45, 2.75) is 32.9 Å². The molecule has 1 nitrogen and oxygen atoms in total. The summed E-state index contributed by atoms with van der Waals surface area (Å²) in [6.07, 6.45) is 0. The molecule has 2 rings (SSSR count). The Labute approximate surface area is 118 Å². The van der Waals surface area contributed by atoms with E-state index >= 15 is 0 Å². The van der Waals surface area contributed by atoms with Gasteiger partial charge in [0.05, 0.1) is 0 Å². The number of hydrogen-bond donors (Lipinski definition) is 0. The summed E-state index contributed by atoms with van der Waals surface area (Å²) in [5, 5.41) is 3.66. The summed E-state index contributed by atoms with van der Waals surface area (Å²) in [6, 6.07) is 8.61. The SMILES string of the molecule is CC(C)(C)N(CCCl)Cc1csc2ccccc12. The summed E-state index contributed by atoms with van der Waals surface area (Å²) < 4.78 is 1.37. The number of halogens is 1. The van der Waals surface area contributed by atoms with E-state index in [0.717, 1.165) is 13.1 Å². The molecule has 0 saturated heterocycles. The van der Waals surface area contributed by atoms with Crippen molar-refractivity contribution in [2.75, 3.05) is 12.4 Å². The first kappa shape index (κ1) is 13.9. The molecule has 0 atom stereocenters. The third-order valence-corrected chi connectivity index (χ3v) is 4.41. The number of hydrogen-bond acceptors (Lipinski definition) is 2. The van der Waals surface area contributed by atoms with Gasteiger partial charge in [0, 0.05) is 29.2 Å². The summed E-state index contributed by atoms with van der Waals surface area (Å²) in [5.41, 5.74) is 1.56. The van der Waals surface area contributed by atoms with Gasteiger partial charge in [-0.05, 0) is 43.2 Å². The number of benzene rings is 1. The van der Waals surface area contributed by atoms with Gasteiger partial charge in [0.15, 0.2) is 0 Å². The second-order valence-electron chi connectivity index (χ2n) is 5.54. The molecule has 1 aromatic carbocycles. The van der Waals surface area contributed by atoms with E-state index in [4.69, 9.17) is 11.6 Å². The van der Waals surface area contributed by atoms with Gasteiger partial charge < -0.3 is 0 Å². The summed E-state index contributed by atoms with van der Waals surface area (Å²) in [4.78, 5) is 2.44. The minimum absolute atomic E-state index is 0.151. The van der Waals surface area contributed by atoms with E-state index in [1.807, 2.05) is 11.3 Å². The summed E-state index contributed by atoms with van der Waals surface area (Å²) in [7, 11) is 0. The number of rotatable bonds is 4. The molecular formula is C15H20ClNS. The summed E-state index contributed by atoms with van der Waals surface area (Å²) in [6.45, 7) is 8.63. The first-order chi connectivity index (χ1) is 8.52. The van der Waals surface area contributed by atoms with Crippen LogP contribution in [0.2, 0.25) is 0 Å². The van der Waals surface area contributed by atoms with Crippen LogP contribution in [0.25, 0.3) is 10.1 Å².